The van der Waals surface area contributed by atoms with Crippen LogP contribution in [-0.4, -0.2) is 13.1 Å². The predicted molar refractivity (Wildman–Crippen MR) is 89.5 cm³/mol. The van der Waals surface area contributed by atoms with E-state index in [-0.39, 0.29) is 0 Å². The Morgan fingerprint density at radius 3 is 2.33 bits per heavy atom. The highest BCUT2D eigenvalue weighted by atomic mass is 15.1. The summed E-state index contributed by atoms with van der Waals surface area (Å²) in [5.74, 6) is 0.932. The summed E-state index contributed by atoms with van der Waals surface area (Å²) in [6.07, 6.45) is 11.1. The van der Waals surface area contributed by atoms with E-state index in [1.807, 2.05) is 12.1 Å². The minimum atomic E-state index is 0.751. The molecular formula is C19H28N2. The Labute approximate surface area is 129 Å². The van der Waals surface area contributed by atoms with Crippen LogP contribution in [0.4, 0.5) is 5.69 Å². The molecule has 1 aliphatic heterocycles. The molecule has 2 heteroatoms. The van der Waals surface area contributed by atoms with Gasteiger partial charge in [-0.2, -0.15) is 5.26 Å². The van der Waals surface area contributed by atoms with Crippen LogP contribution >= 0.6 is 0 Å². The van der Waals surface area contributed by atoms with E-state index in [0.717, 1.165) is 11.5 Å². The third-order valence-corrected chi connectivity index (χ3v) is 4.69. The number of nitrogens with zero attached hydrogens (tertiary/aromatic N) is 2. The Kier molecular flexibility index (Phi) is 6.60. The van der Waals surface area contributed by atoms with E-state index >= 15 is 0 Å². The molecule has 0 N–H and O–H groups in total. The topological polar surface area (TPSA) is 27.0 Å². The second-order valence-corrected chi connectivity index (χ2v) is 6.29. The fourth-order valence-electron chi connectivity index (χ4n) is 3.26. The van der Waals surface area contributed by atoms with E-state index in [0.29, 0.717) is 0 Å². The molecule has 2 nitrogen and oxygen atoms in total. The van der Waals surface area contributed by atoms with Gasteiger partial charge in [0.2, 0.25) is 0 Å². The largest absolute Gasteiger partial charge is 0.372 e. The molecule has 1 aromatic carbocycles. The van der Waals surface area contributed by atoms with Gasteiger partial charge < -0.3 is 4.90 Å². The first-order valence-corrected chi connectivity index (χ1v) is 8.58. The lowest BCUT2D eigenvalue weighted by Gasteiger charge is -2.33. The third kappa shape index (κ3) is 5.08. The van der Waals surface area contributed by atoms with Crippen molar-refractivity contribution < 1.29 is 0 Å². The number of benzene rings is 1. The maximum Gasteiger partial charge on any atom is 0.0991 e. The smallest absolute Gasteiger partial charge is 0.0991 e. The van der Waals surface area contributed by atoms with Crippen molar-refractivity contribution >= 4 is 5.69 Å². The first-order valence-electron chi connectivity index (χ1n) is 8.58. The van der Waals surface area contributed by atoms with Crippen molar-refractivity contribution in [2.45, 2.75) is 58.3 Å². The number of hydrogen-bond donors (Lipinski definition) is 0. The number of unbranched alkanes of at least 4 members (excludes halogenated alkanes) is 4. The molecule has 21 heavy (non-hydrogen) atoms. The van der Waals surface area contributed by atoms with Gasteiger partial charge in [0.05, 0.1) is 11.6 Å². The molecule has 1 fully saturated rings. The number of anilines is 1. The molecule has 0 aliphatic carbocycles. The normalized spacial score (nSPS) is 15.9. The summed E-state index contributed by atoms with van der Waals surface area (Å²) in [6.45, 7) is 4.62. The molecule has 2 rings (SSSR count). The van der Waals surface area contributed by atoms with Crippen molar-refractivity contribution in [3.05, 3.63) is 29.8 Å². The van der Waals surface area contributed by atoms with Gasteiger partial charge in [-0.05, 0) is 43.0 Å². The van der Waals surface area contributed by atoms with E-state index in [4.69, 9.17) is 5.26 Å². The maximum atomic E-state index is 8.85. The molecule has 0 aromatic heterocycles. The zero-order valence-electron chi connectivity index (χ0n) is 13.4. The minimum absolute atomic E-state index is 0.751. The first-order chi connectivity index (χ1) is 10.3. The summed E-state index contributed by atoms with van der Waals surface area (Å²) < 4.78 is 0. The lowest BCUT2D eigenvalue weighted by atomic mass is 9.91. The van der Waals surface area contributed by atoms with Gasteiger partial charge in [-0.15, -0.1) is 0 Å². The van der Waals surface area contributed by atoms with E-state index in [2.05, 4.69) is 30.0 Å². The van der Waals surface area contributed by atoms with Crippen LogP contribution < -0.4 is 4.90 Å². The summed E-state index contributed by atoms with van der Waals surface area (Å²) >= 11 is 0. The number of hydrogen-bond acceptors (Lipinski definition) is 2. The average molecular weight is 284 g/mol. The Bertz CT molecular complexity index is 436. The van der Waals surface area contributed by atoms with Crippen molar-refractivity contribution in [1.29, 1.82) is 5.26 Å². The Balaban J connectivity index is 1.69. The second kappa shape index (κ2) is 8.72. The lowest BCUT2D eigenvalue weighted by Crippen LogP contribution is -2.33. The molecule has 114 valence electrons. The molecule has 0 radical (unpaired) electrons. The molecule has 0 bridgehead atoms. The van der Waals surface area contributed by atoms with Gasteiger partial charge >= 0.3 is 0 Å². The van der Waals surface area contributed by atoms with Crippen LogP contribution in [0.15, 0.2) is 24.3 Å². The molecule has 1 saturated heterocycles. The van der Waals surface area contributed by atoms with Gasteiger partial charge in [0.25, 0.3) is 0 Å². The molecule has 0 amide bonds. The maximum absolute atomic E-state index is 8.85. The van der Waals surface area contributed by atoms with E-state index < -0.39 is 0 Å². The SMILES string of the molecule is CCCCCCCC1CCN(c2ccc(C#N)cc2)CC1. The fraction of sp³-hybridized carbons (Fsp3) is 0.632. The molecule has 0 saturated carbocycles. The first kappa shape index (κ1) is 15.9. The molecule has 0 atom stereocenters. The molecular weight excluding hydrogens is 256 g/mol. The van der Waals surface area contributed by atoms with Crippen LogP contribution in [0.25, 0.3) is 0 Å². The number of piperidine rings is 1. The molecule has 0 unspecified atom stereocenters. The van der Waals surface area contributed by atoms with Crippen molar-refractivity contribution in [1.82, 2.24) is 0 Å². The molecule has 0 spiro atoms. The molecule has 1 heterocycles. The van der Waals surface area contributed by atoms with Crippen LogP contribution in [0.3, 0.4) is 0 Å². The quantitative estimate of drug-likeness (QED) is 0.649. The Hall–Kier alpha value is -1.49. The van der Waals surface area contributed by atoms with Crippen LogP contribution in [0.1, 0.15) is 63.9 Å². The highest BCUT2D eigenvalue weighted by Gasteiger charge is 2.18. The Morgan fingerprint density at radius 1 is 1.05 bits per heavy atom. The van der Waals surface area contributed by atoms with Gasteiger partial charge in [-0.3, -0.25) is 0 Å². The van der Waals surface area contributed by atoms with Crippen molar-refractivity contribution in [3.63, 3.8) is 0 Å². The van der Waals surface area contributed by atoms with Crippen molar-refractivity contribution in [2.24, 2.45) is 5.92 Å². The van der Waals surface area contributed by atoms with Crippen molar-refractivity contribution in [2.75, 3.05) is 18.0 Å². The zero-order valence-corrected chi connectivity index (χ0v) is 13.4. The van der Waals surface area contributed by atoms with Crippen LogP contribution in [0.5, 0.6) is 0 Å². The zero-order chi connectivity index (χ0) is 14.9. The van der Waals surface area contributed by atoms with E-state index in [9.17, 15) is 0 Å². The standard InChI is InChI=1S/C19H28N2/c1-2-3-4-5-6-7-17-12-14-21(15-13-17)19-10-8-18(16-20)9-11-19/h8-11,17H,2-7,12-15H2,1H3. The molecule has 1 aliphatic rings. The third-order valence-electron chi connectivity index (χ3n) is 4.69. The minimum Gasteiger partial charge on any atom is -0.372 e. The highest BCUT2D eigenvalue weighted by molar-refractivity contribution is 5.49. The van der Waals surface area contributed by atoms with Gasteiger partial charge in [-0.1, -0.05) is 45.4 Å². The van der Waals surface area contributed by atoms with Crippen molar-refractivity contribution in [3.8, 4) is 6.07 Å². The van der Waals surface area contributed by atoms with Crippen LogP contribution in [0, 0.1) is 17.2 Å². The predicted octanol–water partition coefficient (Wildman–Crippen LogP) is 5.14. The van der Waals surface area contributed by atoms with E-state index in [1.54, 1.807) is 0 Å². The monoisotopic (exact) mass is 284 g/mol. The van der Waals surface area contributed by atoms with Crippen LogP contribution in [-0.2, 0) is 0 Å². The van der Waals surface area contributed by atoms with Gasteiger partial charge in [0.15, 0.2) is 0 Å². The Morgan fingerprint density at radius 2 is 1.71 bits per heavy atom. The van der Waals surface area contributed by atoms with E-state index in [1.165, 1.54) is 70.1 Å². The molecule has 1 aromatic rings. The number of nitriles is 1. The van der Waals surface area contributed by atoms with Gasteiger partial charge in [0.1, 0.15) is 0 Å². The summed E-state index contributed by atoms with van der Waals surface area (Å²) in [4.78, 5) is 2.47. The van der Waals surface area contributed by atoms with Crippen LogP contribution in [0.2, 0.25) is 0 Å². The highest BCUT2D eigenvalue weighted by Crippen LogP contribution is 2.27. The van der Waals surface area contributed by atoms with Gasteiger partial charge in [-0.25, -0.2) is 0 Å². The number of rotatable bonds is 7. The lowest BCUT2D eigenvalue weighted by molar-refractivity contribution is 0.366. The summed E-state index contributed by atoms with van der Waals surface area (Å²) in [7, 11) is 0. The average Bonchev–Trinajstić information content (AvgIpc) is 2.55. The fourth-order valence-corrected chi connectivity index (χ4v) is 3.26. The second-order valence-electron chi connectivity index (χ2n) is 6.29. The summed E-state index contributed by atoms with van der Waals surface area (Å²) in [5, 5.41) is 8.85. The summed E-state index contributed by atoms with van der Waals surface area (Å²) in [5.41, 5.74) is 2.02. The van der Waals surface area contributed by atoms with Gasteiger partial charge in [0, 0.05) is 18.8 Å². The summed E-state index contributed by atoms with van der Waals surface area (Å²) in [6, 6.07) is 10.2.